The van der Waals surface area contributed by atoms with Crippen LogP contribution in [0.15, 0.2) is 24.3 Å². The van der Waals surface area contributed by atoms with Crippen molar-refractivity contribution in [1.29, 1.82) is 0 Å². The number of fused-ring (bicyclic) bond motifs is 1. The number of benzene rings is 1. The standard InChI is InChI=1S/C17H25N3O/c1-2-20-9-7-15(8-10-20)19-17(21)16-11-13-5-3-4-6-14(13)12-18-16/h3-6,15-16,18H,2,7-12H2,1H3,(H,19,21)/t16-/m0/s1. The summed E-state index contributed by atoms with van der Waals surface area (Å²) < 4.78 is 0. The quantitative estimate of drug-likeness (QED) is 0.881. The van der Waals surface area contributed by atoms with Gasteiger partial charge in [-0.3, -0.25) is 4.79 Å². The number of piperidine rings is 1. The highest BCUT2D eigenvalue weighted by atomic mass is 16.2. The molecule has 1 aromatic carbocycles. The van der Waals surface area contributed by atoms with Crippen molar-refractivity contribution in [2.75, 3.05) is 19.6 Å². The smallest absolute Gasteiger partial charge is 0.237 e. The van der Waals surface area contributed by atoms with Gasteiger partial charge in [-0.25, -0.2) is 0 Å². The number of nitrogens with one attached hydrogen (secondary N) is 2. The van der Waals surface area contributed by atoms with Gasteiger partial charge in [-0.05, 0) is 36.9 Å². The van der Waals surface area contributed by atoms with Gasteiger partial charge in [-0.15, -0.1) is 0 Å². The minimum absolute atomic E-state index is 0.0795. The van der Waals surface area contributed by atoms with E-state index >= 15 is 0 Å². The molecule has 4 heteroatoms. The molecule has 1 atom stereocenters. The molecule has 0 bridgehead atoms. The van der Waals surface area contributed by atoms with Gasteiger partial charge in [0.15, 0.2) is 0 Å². The monoisotopic (exact) mass is 287 g/mol. The fourth-order valence-electron chi connectivity index (χ4n) is 3.34. The third kappa shape index (κ3) is 3.44. The molecular weight excluding hydrogens is 262 g/mol. The van der Waals surface area contributed by atoms with Gasteiger partial charge in [0.05, 0.1) is 6.04 Å². The first kappa shape index (κ1) is 14.5. The summed E-state index contributed by atoms with van der Waals surface area (Å²) in [5.41, 5.74) is 2.62. The second kappa shape index (κ2) is 6.58. The number of carbonyl (C=O) groups is 1. The van der Waals surface area contributed by atoms with Crippen LogP contribution in [0, 0.1) is 0 Å². The first-order valence-corrected chi connectivity index (χ1v) is 8.09. The van der Waals surface area contributed by atoms with E-state index in [0.29, 0.717) is 6.04 Å². The maximum absolute atomic E-state index is 12.4. The summed E-state index contributed by atoms with van der Waals surface area (Å²) >= 11 is 0. The van der Waals surface area contributed by atoms with Crippen molar-refractivity contribution in [3.05, 3.63) is 35.4 Å². The molecule has 2 heterocycles. The van der Waals surface area contributed by atoms with Crippen LogP contribution in [0.4, 0.5) is 0 Å². The number of amides is 1. The fourth-order valence-corrected chi connectivity index (χ4v) is 3.34. The molecule has 0 aromatic heterocycles. The SMILES string of the molecule is CCN1CCC(NC(=O)[C@@H]2Cc3ccccc3CN2)CC1. The molecule has 2 aliphatic rings. The van der Waals surface area contributed by atoms with Crippen molar-refractivity contribution in [2.45, 2.75) is 44.8 Å². The second-order valence-corrected chi connectivity index (χ2v) is 6.12. The van der Waals surface area contributed by atoms with Gasteiger partial charge in [0.1, 0.15) is 0 Å². The van der Waals surface area contributed by atoms with E-state index in [1.807, 2.05) is 0 Å². The molecule has 1 amide bonds. The molecule has 2 aliphatic heterocycles. The molecule has 0 radical (unpaired) electrons. The van der Waals surface area contributed by atoms with Crippen LogP contribution < -0.4 is 10.6 Å². The molecule has 114 valence electrons. The van der Waals surface area contributed by atoms with Gasteiger partial charge in [-0.2, -0.15) is 0 Å². The Labute approximate surface area is 126 Å². The first-order chi connectivity index (χ1) is 10.3. The van der Waals surface area contributed by atoms with E-state index in [0.717, 1.165) is 45.4 Å². The van der Waals surface area contributed by atoms with Crippen molar-refractivity contribution in [3.8, 4) is 0 Å². The number of rotatable bonds is 3. The van der Waals surface area contributed by atoms with Gasteiger partial charge in [-0.1, -0.05) is 31.2 Å². The van der Waals surface area contributed by atoms with Gasteiger partial charge in [0.25, 0.3) is 0 Å². The van der Waals surface area contributed by atoms with Crippen LogP contribution in [0.25, 0.3) is 0 Å². The maximum atomic E-state index is 12.4. The Morgan fingerprint density at radius 3 is 2.71 bits per heavy atom. The van der Waals surface area contributed by atoms with Crippen LogP contribution in [-0.2, 0) is 17.8 Å². The lowest BCUT2D eigenvalue weighted by atomic mass is 9.95. The lowest BCUT2D eigenvalue weighted by molar-refractivity contribution is -0.124. The third-order valence-corrected chi connectivity index (χ3v) is 4.78. The summed E-state index contributed by atoms with van der Waals surface area (Å²) in [4.78, 5) is 14.9. The number of carbonyl (C=O) groups excluding carboxylic acids is 1. The lowest BCUT2D eigenvalue weighted by Gasteiger charge is -2.33. The van der Waals surface area contributed by atoms with E-state index in [1.54, 1.807) is 0 Å². The third-order valence-electron chi connectivity index (χ3n) is 4.78. The van der Waals surface area contributed by atoms with Gasteiger partial charge < -0.3 is 15.5 Å². The molecule has 3 rings (SSSR count). The molecule has 0 aliphatic carbocycles. The predicted octanol–water partition coefficient (Wildman–Crippen LogP) is 1.30. The average Bonchev–Trinajstić information content (AvgIpc) is 2.55. The highest BCUT2D eigenvalue weighted by Crippen LogP contribution is 2.17. The van der Waals surface area contributed by atoms with Crippen LogP contribution in [0.3, 0.4) is 0 Å². The van der Waals surface area contributed by atoms with Crippen molar-refractivity contribution < 1.29 is 4.79 Å². The van der Waals surface area contributed by atoms with E-state index in [1.165, 1.54) is 11.1 Å². The molecule has 1 aromatic rings. The van der Waals surface area contributed by atoms with Crippen molar-refractivity contribution in [3.63, 3.8) is 0 Å². The van der Waals surface area contributed by atoms with E-state index < -0.39 is 0 Å². The summed E-state index contributed by atoms with van der Waals surface area (Å²) in [5.74, 6) is 0.166. The minimum atomic E-state index is -0.0795. The number of hydrogen-bond acceptors (Lipinski definition) is 3. The van der Waals surface area contributed by atoms with E-state index in [-0.39, 0.29) is 11.9 Å². The van der Waals surface area contributed by atoms with Gasteiger partial charge >= 0.3 is 0 Å². The van der Waals surface area contributed by atoms with Crippen LogP contribution in [0.1, 0.15) is 30.9 Å². The topological polar surface area (TPSA) is 44.4 Å². The molecule has 4 nitrogen and oxygen atoms in total. The average molecular weight is 287 g/mol. The molecule has 21 heavy (non-hydrogen) atoms. The molecule has 0 spiro atoms. The van der Waals surface area contributed by atoms with E-state index in [2.05, 4.69) is 46.7 Å². The van der Waals surface area contributed by atoms with Crippen LogP contribution in [-0.4, -0.2) is 42.5 Å². The normalized spacial score (nSPS) is 23.6. The summed E-state index contributed by atoms with van der Waals surface area (Å²) in [6.45, 7) is 6.30. The number of nitrogens with zero attached hydrogens (tertiary/aromatic N) is 1. The zero-order chi connectivity index (χ0) is 14.7. The van der Waals surface area contributed by atoms with Crippen LogP contribution in [0.5, 0.6) is 0 Å². The Morgan fingerprint density at radius 1 is 1.29 bits per heavy atom. The van der Waals surface area contributed by atoms with E-state index in [4.69, 9.17) is 0 Å². The highest BCUT2D eigenvalue weighted by Gasteiger charge is 2.26. The minimum Gasteiger partial charge on any atom is -0.352 e. The zero-order valence-electron chi connectivity index (χ0n) is 12.8. The summed E-state index contributed by atoms with van der Waals surface area (Å²) in [6.07, 6.45) is 2.95. The summed E-state index contributed by atoms with van der Waals surface area (Å²) in [6, 6.07) is 8.65. The number of hydrogen-bond donors (Lipinski definition) is 2. The Bertz CT molecular complexity index is 495. The van der Waals surface area contributed by atoms with E-state index in [9.17, 15) is 4.79 Å². The Kier molecular flexibility index (Phi) is 4.56. The maximum Gasteiger partial charge on any atom is 0.237 e. The van der Waals surface area contributed by atoms with Crippen molar-refractivity contribution in [2.24, 2.45) is 0 Å². The first-order valence-electron chi connectivity index (χ1n) is 8.09. The number of likely N-dealkylation sites (tertiary alicyclic amines) is 1. The van der Waals surface area contributed by atoms with Gasteiger partial charge in [0.2, 0.25) is 5.91 Å². The molecule has 0 unspecified atom stereocenters. The summed E-state index contributed by atoms with van der Waals surface area (Å²) in [7, 11) is 0. The highest BCUT2D eigenvalue weighted by molar-refractivity contribution is 5.82. The molecular formula is C17H25N3O. The van der Waals surface area contributed by atoms with Crippen molar-refractivity contribution in [1.82, 2.24) is 15.5 Å². The van der Waals surface area contributed by atoms with Crippen LogP contribution >= 0.6 is 0 Å². The molecule has 0 saturated carbocycles. The molecule has 2 N–H and O–H groups in total. The fraction of sp³-hybridized carbons (Fsp3) is 0.588. The lowest BCUT2D eigenvalue weighted by Crippen LogP contribution is -2.52. The molecule has 1 fully saturated rings. The van der Waals surface area contributed by atoms with Crippen LogP contribution in [0.2, 0.25) is 0 Å². The Balaban J connectivity index is 1.53. The van der Waals surface area contributed by atoms with Crippen molar-refractivity contribution >= 4 is 5.91 Å². The predicted molar refractivity (Wildman–Crippen MR) is 84.1 cm³/mol. The Hall–Kier alpha value is -1.39. The summed E-state index contributed by atoms with van der Waals surface area (Å²) in [5, 5.41) is 6.60. The molecule has 1 saturated heterocycles. The van der Waals surface area contributed by atoms with Gasteiger partial charge in [0, 0.05) is 25.7 Å². The largest absolute Gasteiger partial charge is 0.352 e. The second-order valence-electron chi connectivity index (χ2n) is 6.12. The zero-order valence-corrected chi connectivity index (χ0v) is 12.8. The Morgan fingerprint density at radius 2 is 2.00 bits per heavy atom.